The van der Waals surface area contributed by atoms with Crippen LogP contribution in [0.5, 0.6) is 0 Å². The van der Waals surface area contributed by atoms with Crippen molar-refractivity contribution in [2.24, 2.45) is 0 Å². The number of anilines is 2. The SMILES string of the molecule is CSc1nc(N)nc(N(C(C)C)C(C)C)n1. The summed E-state index contributed by atoms with van der Waals surface area (Å²) in [5, 5.41) is 0.661. The van der Waals surface area contributed by atoms with Crippen LogP contribution in [0, 0.1) is 0 Å². The van der Waals surface area contributed by atoms with E-state index in [9.17, 15) is 0 Å². The lowest BCUT2D eigenvalue weighted by Gasteiger charge is -2.30. The van der Waals surface area contributed by atoms with Crippen molar-refractivity contribution in [3.63, 3.8) is 0 Å². The van der Waals surface area contributed by atoms with Crippen LogP contribution < -0.4 is 10.6 Å². The Morgan fingerprint density at radius 3 is 2.06 bits per heavy atom. The molecule has 1 aromatic heterocycles. The first kappa shape index (κ1) is 13.0. The predicted molar refractivity (Wildman–Crippen MR) is 68.8 cm³/mol. The van der Waals surface area contributed by atoms with Gasteiger partial charge in [0, 0.05) is 12.1 Å². The Morgan fingerprint density at radius 2 is 1.62 bits per heavy atom. The van der Waals surface area contributed by atoms with E-state index in [2.05, 4.69) is 47.5 Å². The van der Waals surface area contributed by atoms with Crippen LogP contribution in [0.15, 0.2) is 5.16 Å². The number of nitrogen functional groups attached to an aromatic ring is 1. The first-order valence-electron chi connectivity index (χ1n) is 5.29. The molecule has 0 saturated heterocycles. The van der Waals surface area contributed by atoms with Gasteiger partial charge in [0.15, 0.2) is 5.16 Å². The molecule has 0 saturated carbocycles. The Labute approximate surface area is 101 Å². The van der Waals surface area contributed by atoms with Crippen molar-refractivity contribution in [1.29, 1.82) is 0 Å². The molecule has 5 nitrogen and oxygen atoms in total. The molecule has 0 aliphatic heterocycles. The van der Waals surface area contributed by atoms with Crippen LogP contribution in [0.2, 0.25) is 0 Å². The highest BCUT2D eigenvalue weighted by Gasteiger charge is 2.18. The molecular formula is C10H19N5S. The van der Waals surface area contributed by atoms with Crippen molar-refractivity contribution in [3.05, 3.63) is 0 Å². The number of nitrogens with two attached hydrogens (primary N) is 1. The summed E-state index contributed by atoms with van der Waals surface area (Å²) in [7, 11) is 0. The number of hydrogen-bond acceptors (Lipinski definition) is 6. The number of nitrogens with zero attached hydrogens (tertiary/aromatic N) is 4. The lowest BCUT2D eigenvalue weighted by Crippen LogP contribution is -2.38. The summed E-state index contributed by atoms with van der Waals surface area (Å²) in [5.74, 6) is 0.933. The average Bonchev–Trinajstić information content (AvgIpc) is 2.15. The van der Waals surface area contributed by atoms with E-state index in [-0.39, 0.29) is 5.95 Å². The first-order valence-corrected chi connectivity index (χ1v) is 6.52. The number of aromatic nitrogens is 3. The van der Waals surface area contributed by atoms with Crippen LogP contribution in [0.25, 0.3) is 0 Å². The van der Waals surface area contributed by atoms with E-state index in [4.69, 9.17) is 5.73 Å². The fourth-order valence-electron chi connectivity index (χ4n) is 1.63. The second-order valence-electron chi connectivity index (χ2n) is 4.08. The molecule has 0 aromatic carbocycles. The first-order chi connectivity index (χ1) is 7.45. The lowest BCUT2D eigenvalue weighted by molar-refractivity contribution is 0.585. The summed E-state index contributed by atoms with van der Waals surface area (Å²) < 4.78 is 0. The van der Waals surface area contributed by atoms with Crippen molar-refractivity contribution in [3.8, 4) is 0 Å². The largest absolute Gasteiger partial charge is 0.368 e. The quantitative estimate of drug-likeness (QED) is 0.811. The average molecular weight is 241 g/mol. The molecule has 0 atom stereocenters. The Kier molecular flexibility index (Phi) is 4.35. The predicted octanol–water partition coefficient (Wildman–Crippen LogP) is 1.80. The van der Waals surface area contributed by atoms with E-state index in [1.165, 1.54) is 11.8 Å². The van der Waals surface area contributed by atoms with E-state index >= 15 is 0 Å². The maximum absolute atomic E-state index is 5.67. The van der Waals surface area contributed by atoms with Gasteiger partial charge in [0.05, 0.1) is 0 Å². The van der Waals surface area contributed by atoms with Gasteiger partial charge >= 0.3 is 0 Å². The fourth-order valence-corrected chi connectivity index (χ4v) is 1.98. The van der Waals surface area contributed by atoms with Crippen LogP contribution in [0.1, 0.15) is 27.7 Å². The Balaban J connectivity index is 3.13. The van der Waals surface area contributed by atoms with Crippen molar-refractivity contribution >= 4 is 23.7 Å². The zero-order chi connectivity index (χ0) is 12.3. The van der Waals surface area contributed by atoms with Gasteiger partial charge in [-0.2, -0.15) is 15.0 Å². The van der Waals surface area contributed by atoms with Crippen molar-refractivity contribution in [2.45, 2.75) is 44.9 Å². The van der Waals surface area contributed by atoms with E-state index in [0.717, 1.165) is 0 Å². The summed E-state index contributed by atoms with van der Waals surface area (Å²) in [5.41, 5.74) is 5.67. The van der Waals surface area contributed by atoms with Gasteiger partial charge in [-0.25, -0.2) is 0 Å². The molecule has 0 radical (unpaired) electrons. The smallest absolute Gasteiger partial charge is 0.231 e. The molecule has 1 rings (SSSR count). The van der Waals surface area contributed by atoms with Crippen molar-refractivity contribution in [1.82, 2.24) is 15.0 Å². The number of thioether (sulfide) groups is 1. The molecule has 0 bridgehead atoms. The molecule has 90 valence electrons. The molecule has 0 fully saturated rings. The highest BCUT2D eigenvalue weighted by atomic mass is 32.2. The lowest BCUT2D eigenvalue weighted by atomic mass is 10.2. The third-order valence-electron chi connectivity index (χ3n) is 2.15. The van der Waals surface area contributed by atoms with Gasteiger partial charge < -0.3 is 10.6 Å². The van der Waals surface area contributed by atoms with Gasteiger partial charge in [-0.05, 0) is 34.0 Å². The zero-order valence-corrected chi connectivity index (χ0v) is 11.2. The zero-order valence-electron chi connectivity index (χ0n) is 10.4. The second kappa shape index (κ2) is 5.34. The van der Waals surface area contributed by atoms with E-state index in [1.807, 2.05) is 6.26 Å². The maximum Gasteiger partial charge on any atom is 0.231 e. The monoisotopic (exact) mass is 241 g/mol. The van der Waals surface area contributed by atoms with Crippen LogP contribution in [0.3, 0.4) is 0 Å². The minimum absolute atomic E-state index is 0.278. The van der Waals surface area contributed by atoms with E-state index in [1.54, 1.807) is 0 Å². The van der Waals surface area contributed by atoms with Gasteiger partial charge in [0.25, 0.3) is 0 Å². The summed E-state index contributed by atoms with van der Waals surface area (Å²) in [6, 6.07) is 0.660. The molecule has 2 N–H and O–H groups in total. The van der Waals surface area contributed by atoms with E-state index < -0.39 is 0 Å². The molecule has 0 aliphatic carbocycles. The summed E-state index contributed by atoms with van der Waals surface area (Å²) in [6.45, 7) is 8.44. The molecule has 0 amide bonds. The second-order valence-corrected chi connectivity index (χ2v) is 4.85. The standard InChI is InChI=1S/C10H19N5S/c1-6(2)15(7(3)4)9-12-8(11)13-10(14-9)16-5/h6-7H,1-5H3,(H2,11,12,13,14). The maximum atomic E-state index is 5.67. The molecule has 0 aliphatic rings. The van der Waals surface area contributed by atoms with Crippen LogP contribution >= 0.6 is 11.8 Å². The number of rotatable bonds is 4. The Hall–Kier alpha value is -1.04. The molecule has 16 heavy (non-hydrogen) atoms. The minimum atomic E-state index is 0.278. The van der Waals surface area contributed by atoms with Crippen LogP contribution in [-0.4, -0.2) is 33.3 Å². The molecular weight excluding hydrogens is 222 g/mol. The molecule has 0 spiro atoms. The van der Waals surface area contributed by atoms with E-state index in [0.29, 0.717) is 23.2 Å². The van der Waals surface area contributed by atoms with Gasteiger partial charge in [0.2, 0.25) is 11.9 Å². The molecule has 1 aromatic rings. The third kappa shape index (κ3) is 2.98. The normalized spacial score (nSPS) is 11.2. The summed E-state index contributed by atoms with van der Waals surface area (Å²) in [6.07, 6.45) is 1.92. The minimum Gasteiger partial charge on any atom is -0.368 e. The molecule has 6 heteroatoms. The molecule has 0 unspecified atom stereocenters. The van der Waals surface area contributed by atoms with Gasteiger partial charge in [0.1, 0.15) is 0 Å². The van der Waals surface area contributed by atoms with Crippen LogP contribution in [-0.2, 0) is 0 Å². The third-order valence-corrected chi connectivity index (χ3v) is 2.69. The Bertz CT molecular complexity index is 345. The highest BCUT2D eigenvalue weighted by Crippen LogP contribution is 2.19. The van der Waals surface area contributed by atoms with Crippen molar-refractivity contribution < 1.29 is 0 Å². The topological polar surface area (TPSA) is 67.9 Å². The van der Waals surface area contributed by atoms with Crippen LogP contribution in [0.4, 0.5) is 11.9 Å². The Morgan fingerprint density at radius 1 is 1.06 bits per heavy atom. The van der Waals surface area contributed by atoms with Crippen molar-refractivity contribution in [2.75, 3.05) is 16.9 Å². The fraction of sp³-hybridized carbons (Fsp3) is 0.700. The van der Waals surface area contributed by atoms with Gasteiger partial charge in [-0.15, -0.1) is 0 Å². The van der Waals surface area contributed by atoms with Gasteiger partial charge in [-0.3, -0.25) is 0 Å². The van der Waals surface area contributed by atoms with Gasteiger partial charge in [-0.1, -0.05) is 11.8 Å². The molecule has 1 heterocycles. The highest BCUT2D eigenvalue weighted by molar-refractivity contribution is 7.98. The summed E-state index contributed by atoms with van der Waals surface area (Å²) >= 11 is 1.47. The number of hydrogen-bond donors (Lipinski definition) is 1. The summed E-state index contributed by atoms with van der Waals surface area (Å²) in [4.78, 5) is 14.7.